The molecule has 6 heteroatoms. The van der Waals surface area contributed by atoms with Gasteiger partial charge in [-0.05, 0) is 6.07 Å². The maximum absolute atomic E-state index is 5.77. The second-order valence-corrected chi connectivity index (χ2v) is 3.10. The van der Waals surface area contributed by atoms with Gasteiger partial charge in [-0.3, -0.25) is 0 Å². The maximum atomic E-state index is 5.77. The van der Waals surface area contributed by atoms with Gasteiger partial charge in [0.05, 0.1) is 0 Å². The van der Waals surface area contributed by atoms with Crippen molar-refractivity contribution >= 4 is 35.6 Å². The van der Waals surface area contributed by atoms with Crippen molar-refractivity contribution in [2.75, 3.05) is 6.54 Å². The van der Waals surface area contributed by atoms with Crippen molar-refractivity contribution in [3.05, 3.63) is 28.0 Å². The van der Waals surface area contributed by atoms with Crippen molar-refractivity contribution in [1.82, 2.24) is 4.98 Å². The van der Waals surface area contributed by atoms with E-state index in [0.29, 0.717) is 16.9 Å². The minimum Gasteiger partial charge on any atom is -0.329 e. The highest BCUT2D eigenvalue weighted by Crippen LogP contribution is 2.20. The van der Waals surface area contributed by atoms with Gasteiger partial charge in [0, 0.05) is 18.2 Å². The number of hydrogen-bond donors (Lipinski definition) is 2. The van der Waals surface area contributed by atoms with E-state index in [1.807, 2.05) is 0 Å². The zero-order valence-corrected chi connectivity index (χ0v) is 9.03. The fraction of sp³-hybridized carbons (Fsp3) is 0.286. The third kappa shape index (κ3) is 3.29. The Morgan fingerprint density at radius 1 is 1.38 bits per heavy atom. The lowest BCUT2D eigenvalue weighted by Gasteiger charge is -2.09. The lowest BCUT2D eigenvalue weighted by Crippen LogP contribution is -2.21. The van der Waals surface area contributed by atoms with E-state index in [0.717, 1.165) is 5.56 Å². The standard InChI is InChI=1S/C7H9Cl2N3.ClH/c8-6-2-1-4(5(11)3-10)7(9)12-6;/h1-2,5H,3,10-11H2;1H/t5-;/m0./s1. The van der Waals surface area contributed by atoms with E-state index in [1.165, 1.54) is 0 Å². The van der Waals surface area contributed by atoms with Crippen molar-refractivity contribution in [2.24, 2.45) is 11.5 Å². The van der Waals surface area contributed by atoms with Gasteiger partial charge in [0.1, 0.15) is 10.3 Å². The Morgan fingerprint density at radius 3 is 2.46 bits per heavy atom. The highest BCUT2D eigenvalue weighted by atomic mass is 35.5. The summed E-state index contributed by atoms with van der Waals surface area (Å²) < 4.78 is 0. The predicted octanol–water partition coefficient (Wildman–Crippen LogP) is 1.77. The highest BCUT2D eigenvalue weighted by molar-refractivity contribution is 6.32. The van der Waals surface area contributed by atoms with Crippen LogP contribution >= 0.6 is 35.6 Å². The molecule has 1 heterocycles. The van der Waals surface area contributed by atoms with Gasteiger partial charge in [0.25, 0.3) is 0 Å². The first-order valence-electron chi connectivity index (χ1n) is 3.42. The molecule has 0 aliphatic carbocycles. The van der Waals surface area contributed by atoms with Crippen LogP contribution in [0.3, 0.4) is 0 Å². The van der Waals surface area contributed by atoms with Crippen LogP contribution in [0.25, 0.3) is 0 Å². The fourth-order valence-corrected chi connectivity index (χ4v) is 1.31. The molecule has 1 atom stereocenters. The number of nitrogens with two attached hydrogens (primary N) is 2. The number of halogens is 3. The summed E-state index contributed by atoms with van der Waals surface area (Å²) in [5.41, 5.74) is 11.7. The molecular weight excluding hydrogens is 232 g/mol. The molecule has 0 saturated heterocycles. The third-order valence-electron chi connectivity index (χ3n) is 1.50. The first-order valence-corrected chi connectivity index (χ1v) is 4.18. The van der Waals surface area contributed by atoms with Gasteiger partial charge in [-0.15, -0.1) is 12.4 Å². The van der Waals surface area contributed by atoms with E-state index in [-0.39, 0.29) is 18.4 Å². The molecule has 0 aliphatic rings. The molecule has 0 aromatic carbocycles. The zero-order valence-electron chi connectivity index (χ0n) is 6.71. The lowest BCUT2D eigenvalue weighted by atomic mass is 10.1. The first-order chi connectivity index (χ1) is 5.65. The Labute approximate surface area is 92.8 Å². The molecular formula is C7H10Cl3N3. The fourth-order valence-electron chi connectivity index (χ4n) is 0.826. The molecule has 4 N–H and O–H groups in total. The molecule has 1 aromatic rings. The van der Waals surface area contributed by atoms with Crippen molar-refractivity contribution in [1.29, 1.82) is 0 Å². The van der Waals surface area contributed by atoms with Gasteiger partial charge < -0.3 is 11.5 Å². The van der Waals surface area contributed by atoms with E-state index in [1.54, 1.807) is 12.1 Å². The van der Waals surface area contributed by atoms with Gasteiger partial charge in [-0.2, -0.15) is 0 Å². The average molecular weight is 243 g/mol. The van der Waals surface area contributed by atoms with Crippen LogP contribution < -0.4 is 11.5 Å². The molecule has 0 radical (unpaired) electrons. The van der Waals surface area contributed by atoms with Crippen molar-refractivity contribution in [2.45, 2.75) is 6.04 Å². The maximum Gasteiger partial charge on any atom is 0.135 e. The van der Waals surface area contributed by atoms with Crippen LogP contribution in [-0.4, -0.2) is 11.5 Å². The molecule has 0 aliphatic heterocycles. The SMILES string of the molecule is Cl.NC[C@H](N)c1ccc(Cl)nc1Cl. The smallest absolute Gasteiger partial charge is 0.135 e. The molecule has 0 unspecified atom stereocenters. The minimum atomic E-state index is -0.276. The van der Waals surface area contributed by atoms with Crippen molar-refractivity contribution < 1.29 is 0 Å². The second-order valence-electron chi connectivity index (χ2n) is 2.36. The Balaban J connectivity index is 0.00000144. The van der Waals surface area contributed by atoms with E-state index in [4.69, 9.17) is 34.7 Å². The van der Waals surface area contributed by atoms with E-state index in [2.05, 4.69) is 4.98 Å². The summed E-state index contributed by atoms with van der Waals surface area (Å²) in [5, 5.41) is 0.674. The second kappa shape index (κ2) is 5.62. The van der Waals surface area contributed by atoms with Gasteiger partial charge in [-0.1, -0.05) is 29.3 Å². The molecule has 0 saturated carbocycles. The number of pyridine rings is 1. The van der Waals surface area contributed by atoms with Crippen molar-refractivity contribution in [3.8, 4) is 0 Å². The molecule has 74 valence electrons. The summed E-state index contributed by atoms with van der Waals surface area (Å²) in [4.78, 5) is 3.84. The van der Waals surface area contributed by atoms with Crippen LogP contribution in [0.5, 0.6) is 0 Å². The Kier molecular flexibility index (Phi) is 5.60. The van der Waals surface area contributed by atoms with Gasteiger partial charge in [-0.25, -0.2) is 4.98 Å². The van der Waals surface area contributed by atoms with Gasteiger partial charge >= 0.3 is 0 Å². The minimum absolute atomic E-state index is 0. The first kappa shape index (κ1) is 12.9. The largest absolute Gasteiger partial charge is 0.329 e. The van der Waals surface area contributed by atoms with Crippen LogP contribution in [0.2, 0.25) is 10.3 Å². The quantitative estimate of drug-likeness (QED) is 0.777. The van der Waals surface area contributed by atoms with E-state index >= 15 is 0 Å². The van der Waals surface area contributed by atoms with Crippen LogP contribution in [0.4, 0.5) is 0 Å². The van der Waals surface area contributed by atoms with Crippen LogP contribution in [-0.2, 0) is 0 Å². The van der Waals surface area contributed by atoms with Crippen LogP contribution in [0.1, 0.15) is 11.6 Å². The predicted molar refractivity (Wildman–Crippen MR) is 57.5 cm³/mol. The number of nitrogens with zero attached hydrogens (tertiary/aromatic N) is 1. The number of hydrogen-bond acceptors (Lipinski definition) is 3. The van der Waals surface area contributed by atoms with E-state index in [9.17, 15) is 0 Å². The summed E-state index contributed by atoms with van der Waals surface area (Å²) in [6.45, 7) is 0.336. The topological polar surface area (TPSA) is 64.9 Å². The molecule has 0 bridgehead atoms. The highest BCUT2D eigenvalue weighted by Gasteiger charge is 2.09. The summed E-state index contributed by atoms with van der Waals surface area (Å²) in [6.07, 6.45) is 0. The van der Waals surface area contributed by atoms with Crippen LogP contribution in [0, 0.1) is 0 Å². The summed E-state index contributed by atoms with van der Waals surface area (Å²) in [6, 6.07) is 3.09. The zero-order chi connectivity index (χ0) is 9.14. The van der Waals surface area contributed by atoms with Gasteiger partial charge in [0.2, 0.25) is 0 Å². The lowest BCUT2D eigenvalue weighted by molar-refractivity contribution is 0.733. The molecule has 0 fully saturated rings. The average Bonchev–Trinajstić information content (AvgIpc) is 2.03. The number of rotatable bonds is 2. The Morgan fingerprint density at radius 2 is 2.00 bits per heavy atom. The third-order valence-corrected chi connectivity index (χ3v) is 2.01. The normalized spacial score (nSPS) is 12.0. The monoisotopic (exact) mass is 241 g/mol. The van der Waals surface area contributed by atoms with Crippen molar-refractivity contribution in [3.63, 3.8) is 0 Å². The summed E-state index contributed by atoms with van der Waals surface area (Å²) in [5.74, 6) is 0. The Bertz CT molecular complexity index is 280. The molecule has 0 amide bonds. The molecule has 13 heavy (non-hydrogen) atoms. The molecule has 0 spiro atoms. The van der Waals surface area contributed by atoms with Crippen LogP contribution in [0.15, 0.2) is 12.1 Å². The molecule has 1 aromatic heterocycles. The molecule has 3 nitrogen and oxygen atoms in total. The van der Waals surface area contributed by atoms with E-state index < -0.39 is 0 Å². The summed E-state index contributed by atoms with van der Waals surface area (Å²) in [7, 11) is 0. The molecule has 1 rings (SSSR count). The summed E-state index contributed by atoms with van der Waals surface area (Å²) >= 11 is 11.4. The number of aromatic nitrogens is 1. The Hall–Kier alpha value is -0.0600. The van der Waals surface area contributed by atoms with Gasteiger partial charge in [0.15, 0.2) is 0 Å².